The van der Waals surface area contributed by atoms with Crippen molar-refractivity contribution in [2.75, 3.05) is 20.6 Å². The molecule has 3 amide bonds. The lowest BCUT2D eigenvalue weighted by atomic mass is 10.2. The van der Waals surface area contributed by atoms with Crippen LogP contribution in [-0.2, 0) is 9.59 Å². The number of carbonyl (C=O) groups is 3. The van der Waals surface area contributed by atoms with E-state index in [0.717, 1.165) is 0 Å². The smallest absolute Gasteiger partial charge is 0.326 e. The summed E-state index contributed by atoms with van der Waals surface area (Å²) in [4.78, 5) is 34.7. The molecule has 0 aromatic heterocycles. The number of carboxylic acids is 1. The van der Waals surface area contributed by atoms with Crippen LogP contribution in [0.15, 0.2) is 0 Å². The first-order valence-electron chi connectivity index (χ1n) is 5.46. The summed E-state index contributed by atoms with van der Waals surface area (Å²) in [7, 11) is 3.72. The second-order valence-corrected chi connectivity index (χ2v) is 4.23. The van der Waals surface area contributed by atoms with E-state index in [0.29, 0.717) is 6.54 Å². The standard InChI is InChI=1S/C10H20N4O4/c1-6(14(2)3)5-12-10(18)13-7(9(16)17)4-8(11)15/h6-7H,4-5H2,1-3H3,(H2,11,15)(H,16,17)(H2,12,13,18). The maximum Gasteiger partial charge on any atom is 0.326 e. The fourth-order valence-corrected chi connectivity index (χ4v) is 1.03. The van der Waals surface area contributed by atoms with E-state index < -0.39 is 30.4 Å². The minimum absolute atomic E-state index is 0.107. The van der Waals surface area contributed by atoms with Gasteiger partial charge in [-0.3, -0.25) is 4.79 Å². The van der Waals surface area contributed by atoms with Crippen molar-refractivity contribution in [3.63, 3.8) is 0 Å². The van der Waals surface area contributed by atoms with Crippen LogP contribution >= 0.6 is 0 Å². The van der Waals surface area contributed by atoms with Crippen molar-refractivity contribution in [2.45, 2.75) is 25.4 Å². The molecule has 8 heteroatoms. The second-order valence-electron chi connectivity index (χ2n) is 4.23. The lowest BCUT2D eigenvalue weighted by Crippen LogP contribution is -2.49. The van der Waals surface area contributed by atoms with Crippen molar-refractivity contribution in [3.05, 3.63) is 0 Å². The average Bonchev–Trinajstić information content (AvgIpc) is 2.23. The Kier molecular flexibility index (Phi) is 6.73. The monoisotopic (exact) mass is 260 g/mol. The first-order valence-corrected chi connectivity index (χ1v) is 5.46. The van der Waals surface area contributed by atoms with Crippen LogP contribution in [0.3, 0.4) is 0 Å². The first-order chi connectivity index (χ1) is 8.23. The molecule has 18 heavy (non-hydrogen) atoms. The summed E-state index contributed by atoms with van der Waals surface area (Å²) in [6.45, 7) is 2.26. The van der Waals surface area contributed by atoms with Gasteiger partial charge in [-0.25, -0.2) is 9.59 Å². The highest BCUT2D eigenvalue weighted by atomic mass is 16.4. The van der Waals surface area contributed by atoms with Gasteiger partial charge in [0.05, 0.1) is 6.42 Å². The summed E-state index contributed by atoms with van der Waals surface area (Å²) in [6.07, 6.45) is -0.439. The molecule has 0 radical (unpaired) electrons. The maximum absolute atomic E-state index is 11.4. The Hall–Kier alpha value is -1.83. The summed E-state index contributed by atoms with van der Waals surface area (Å²) < 4.78 is 0. The molecule has 2 atom stereocenters. The Morgan fingerprint density at radius 3 is 2.28 bits per heavy atom. The number of nitrogens with zero attached hydrogens (tertiary/aromatic N) is 1. The minimum Gasteiger partial charge on any atom is -0.480 e. The summed E-state index contributed by atoms with van der Waals surface area (Å²) in [5, 5.41) is 13.5. The van der Waals surface area contributed by atoms with Gasteiger partial charge in [0.15, 0.2) is 0 Å². The Morgan fingerprint density at radius 1 is 1.33 bits per heavy atom. The number of amides is 3. The van der Waals surface area contributed by atoms with Gasteiger partial charge >= 0.3 is 12.0 Å². The van der Waals surface area contributed by atoms with Crippen LogP contribution in [0.2, 0.25) is 0 Å². The number of carbonyl (C=O) groups excluding carboxylic acids is 2. The topological polar surface area (TPSA) is 125 Å². The highest BCUT2D eigenvalue weighted by molar-refractivity contribution is 5.87. The van der Waals surface area contributed by atoms with E-state index in [9.17, 15) is 14.4 Å². The molecule has 2 unspecified atom stereocenters. The van der Waals surface area contributed by atoms with Gasteiger partial charge in [-0.1, -0.05) is 0 Å². The SMILES string of the molecule is CC(CNC(=O)NC(CC(N)=O)C(=O)O)N(C)C. The van der Waals surface area contributed by atoms with E-state index in [1.165, 1.54) is 0 Å². The molecule has 0 fully saturated rings. The van der Waals surface area contributed by atoms with E-state index in [1.807, 2.05) is 25.9 Å². The zero-order valence-electron chi connectivity index (χ0n) is 10.8. The summed E-state index contributed by atoms with van der Waals surface area (Å²) in [5.41, 5.74) is 4.89. The number of primary amides is 1. The average molecular weight is 260 g/mol. The zero-order chi connectivity index (χ0) is 14.3. The second kappa shape index (κ2) is 7.49. The molecule has 0 aliphatic heterocycles. The minimum atomic E-state index is -1.31. The van der Waals surface area contributed by atoms with E-state index in [-0.39, 0.29) is 6.04 Å². The Morgan fingerprint density at radius 2 is 1.89 bits per heavy atom. The Labute approximate surface area is 106 Å². The number of nitrogens with two attached hydrogens (primary N) is 1. The van der Waals surface area contributed by atoms with Gasteiger partial charge in [0, 0.05) is 12.6 Å². The number of carboxylic acid groups (broad SMARTS) is 1. The third-order valence-electron chi connectivity index (χ3n) is 2.45. The fourth-order valence-electron chi connectivity index (χ4n) is 1.03. The largest absolute Gasteiger partial charge is 0.480 e. The van der Waals surface area contributed by atoms with Gasteiger partial charge in [0.25, 0.3) is 0 Å². The summed E-state index contributed by atoms with van der Waals surface area (Å²) >= 11 is 0. The van der Waals surface area contributed by atoms with Gasteiger partial charge < -0.3 is 26.4 Å². The highest BCUT2D eigenvalue weighted by Crippen LogP contribution is 1.92. The van der Waals surface area contributed by atoms with Crippen molar-refractivity contribution >= 4 is 17.9 Å². The molecule has 0 heterocycles. The van der Waals surface area contributed by atoms with Crippen LogP contribution in [0.5, 0.6) is 0 Å². The normalized spacial score (nSPS) is 13.8. The molecule has 0 aromatic rings. The van der Waals surface area contributed by atoms with Crippen molar-refractivity contribution in [1.82, 2.24) is 15.5 Å². The number of hydrogen-bond donors (Lipinski definition) is 4. The molecule has 0 aliphatic carbocycles. The number of rotatable bonds is 7. The molecule has 0 saturated carbocycles. The molecular formula is C10H20N4O4. The molecule has 5 N–H and O–H groups in total. The maximum atomic E-state index is 11.4. The van der Waals surface area contributed by atoms with Gasteiger partial charge in [-0.15, -0.1) is 0 Å². The first kappa shape index (κ1) is 16.2. The molecule has 104 valence electrons. The zero-order valence-corrected chi connectivity index (χ0v) is 10.8. The Bertz CT molecular complexity index is 319. The molecular weight excluding hydrogens is 240 g/mol. The molecule has 8 nitrogen and oxygen atoms in total. The predicted molar refractivity (Wildman–Crippen MR) is 64.9 cm³/mol. The van der Waals surface area contributed by atoms with E-state index >= 15 is 0 Å². The van der Waals surface area contributed by atoms with Crippen molar-refractivity contribution in [3.8, 4) is 0 Å². The summed E-state index contributed by atoms with van der Waals surface area (Å²) in [5.74, 6) is -2.09. The van der Waals surface area contributed by atoms with Crippen LogP contribution < -0.4 is 16.4 Å². The van der Waals surface area contributed by atoms with Gasteiger partial charge in [-0.2, -0.15) is 0 Å². The number of hydrogen-bond acceptors (Lipinski definition) is 4. The molecule has 0 saturated heterocycles. The van der Waals surface area contributed by atoms with Gasteiger partial charge in [0.2, 0.25) is 5.91 Å². The molecule has 0 aliphatic rings. The van der Waals surface area contributed by atoms with Gasteiger partial charge in [0.1, 0.15) is 6.04 Å². The lowest BCUT2D eigenvalue weighted by Gasteiger charge is -2.21. The van der Waals surface area contributed by atoms with Gasteiger partial charge in [-0.05, 0) is 21.0 Å². The molecule has 0 bridgehead atoms. The van der Waals surface area contributed by atoms with Crippen molar-refractivity contribution in [1.29, 1.82) is 0 Å². The fraction of sp³-hybridized carbons (Fsp3) is 0.700. The quantitative estimate of drug-likeness (QED) is 0.446. The van der Waals surface area contributed by atoms with Crippen molar-refractivity contribution in [2.24, 2.45) is 5.73 Å². The van der Waals surface area contributed by atoms with Crippen LogP contribution in [-0.4, -0.2) is 60.6 Å². The predicted octanol–water partition coefficient (Wildman–Crippen LogP) is -1.44. The third kappa shape index (κ3) is 6.69. The summed E-state index contributed by atoms with van der Waals surface area (Å²) in [6, 6.07) is -1.84. The number of aliphatic carboxylic acids is 1. The van der Waals surface area contributed by atoms with Crippen LogP contribution in [0, 0.1) is 0 Å². The highest BCUT2D eigenvalue weighted by Gasteiger charge is 2.22. The van der Waals surface area contributed by atoms with Crippen LogP contribution in [0.1, 0.15) is 13.3 Å². The molecule has 0 spiro atoms. The number of urea groups is 1. The van der Waals surface area contributed by atoms with Crippen LogP contribution in [0.4, 0.5) is 4.79 Å². The number of likely N-dealkylation sites (N-methyl/N-ethyl adjacent to an activating group) is 1. The van der Waals surface area contributed by atoms with Crippen LogP contribution in [0.25, 0.3) is 0 Å². The molecule has 0 rings (SSSR count). The lowest BCUT2D eigenvalue weighted by molar-refractivity contribution is -0.140. The van der Waals surface area contributed by atoms with Crippen molar-refractivity contribution < 1.29 is 19.5 Å². The Balaban J connectivity index is 4.18. The van der Waals surface area contributed by atoms with E-state index in [2.05, 4.69) is 10.6 Å². The van der Waals surface area contributed by atoms with E-state index in [1.54, 1.807) is 0 Å². The molecule has 0 aromatic carbocycles. The van der Waals surface area contributed by atoms with E-state index in [4.69, 9.17) is 10.8 Å². The number of nitrogens with one attached hydrogen (secondary N) is 2. The third-order valence-corrected chi connectivity index (χ3v) is 2.45.